The highest BCUT2D eigenvalue weighted by molar-refractivity contribution is 9.11. The molecule has 2 aromatic carbocycles. The van der Waals surface area contributed by atoms with Gasteiger partial charge in [-0.3, -0.25) is 4.57 Å². The average Bonchev–Trinajstić information content (AvgIpc) is 2.75. The minimum absolute atomic E-state index is 0.561. The maximum absolute atomic E-state index is 9.17. The molecule has 3 aromatic rings. The summed E-state index contributed by atoms with van der Waals surface area (Å²) in [6.45, 7) is 0. The van der Waals surface area contributed by atoms with Gasteiger partial charge in [-0.2, -0.15) is 5.26 Å². The molecule has 0 bridgehead atoms. The molecule has 1 N–H and O–H groups in total. The van der Waals surface area contributed by atoms with E-state index in [1.807, 2.05) is 34.9 Å². The van der Waals surface area contributed by atoms with Crippen molar-refractivity contribution < 1.29 is 0 Å². The van der Waals surface area contributed by atoms with Crippen LogP contribution in [0.2, 0.25) is 0 Å². The van der Waals surface area contributed by atoms with E-state index in [1.165, 1.54) is 0 Å². The van der Waals surface area contributed by atoms with Crippen molar-refractivity contribution in [3.63, 3.8) is 0 Å². The van der Waals surface area contributed by atoms with Crippen LogP contribution in [0.4, 0.5) is 0 Å². The molecule has 0 aliphatic carbocycles. The first kappa shape index (κ1) is 13.6. The number of nitrogens with one attached hydrogen (secondary N) is 1. The highest BCUT2D eigenvalue weighted by Gasteiger charge is 2.11. The quantitative estimate of drug-likeness (QED) is 0.570. The molecular formula is C14H7Br2N3S. The van der Waals surface area contributed by atoms with E-state index in [4.69, 9.17) is 17.5 Å². The van der Waals surface area contributed by atoms with Crippen molar-refractivity contribution in [2.45, 2.75) is 0 Å². The van der Waals surface area contributed by atoms with Crippen molar-refractivity contribution in [2.75, 3.05) is 0 Å². The number of H-pyrrole nitrogens is 1. The smallest absolute Gasteiger partial charge is 0.182 e. The van der Waals surface area contributed by atoms with Crippen LogP contribution in [0, 0.1) is 16.1 Å². The number of fused-ring (bicyclic) bond motifs is 1. The van der Waals surface area contributed by atoms with Crippen LogP contribution in [0.15, 0.2) is 45.3 Å². The molecule has 0 spiro atoms. The Bertz CT molecular complexity index is 918. The number of rotatable bonds is 1. The lowest BCUT2D eigenvalue weighted by Crippen LogP contribution is -1.95. The number of nitrogens with zero attached hydrogens (tertiary/aromatic N) is 2. The lowest BCUT2D eigenvalue weighted by Gasteiger charge is -2.07. The van der Waals surface area contributed by atoms with Crippen molar-refractivity contribution in [1.82, 2.24) is 9.55 Å². The lowest BCUT2D eigenvalue weighted by atomic mass is 10.2. The first-order chi connectivity index (χ1) is 9.61. The predicted octanol–water partition coefficient (Wildman–Crippen LogP) is 5.08. The molecule has 0 amide bonds. The second-order valence-corrected chi connectivity index (χ2v) is 6.33. The molecule has 3 nitrogen and oxygen atoms in total. The van der Waals surface area contributed by atoms with E-state index in [-0.39, 0.29) is 0 Å². The van der Waals surface area contributed by atoms with Crippen LogP contribution in [-0.4, -0.2) is 9.55 Å². The van der Waals surface area contributed by atoms with Gasteiger partial charge in [-0.05, 0) is 58.5 Å². The first-order valence-corrected chi connectivity index (χ1v) is 7.70. The third kappa shape index (κ3) is 2.12. The molecule has 20 heavy (non-hydrogen) atoms. The van der Waals surface area contributed by atoms with Crippen molar-refractivity contribution in [3.8, 4) is 11.8 Å². The summed E-state index contributed by atoms with van der Waals surface area (Å²) >= 11 is 12.4. The van der Waals surface area contributed by atoms with Crippen molar-refractivity contribution in [2.24, 2.45) is 0 Å². The molecule has 0 fully saturated rings. The topological polar surface area (TPSA) is 44.5 Å². The molecule has 0 saturated carbocycles. The lowest BCUT2D eigenvalue weighted by molar-refractivity contribution is 1.06. The summed E-state index contributed by atoms with van der Waals surface area (Å²) in [4.78, 5) is 3.11. The Kier molecular flexibility index (Phi) is 3.50. The normalized spacial score (nSPS) is 10.7. The maximum atomic E-state index is 9.17. The number of halogens is 2. The third-order valence-corrected chi connectivity index (χ3v) is 4.40. The Morgan fingerprint density at radius 2 is 2.00 bits per heavy atom. The zero-order valence-electron chi connectivity index (χ0n) is 10.0. The van der Waals surface area contributed by atoms with Gasteiger partial charge >= 0.3 is 0 Å². The number of aromatic nitrogens is 2. The highest BCUT2D eigenvalue weighted by Crippen LogP contribution is 2.29. The molecule has 0 aliphatic rings. The molecule has 6 heteroatoms. The summed E-state index contributed by atoms with van der Waals surface area (Å²) in [5, 5.41) is 9.17. The zero-order chi connectivity index (χ0) is 14.3. The molecule has 0 aliphatic heterocycles. The van der Waals surface area contributed by atoms with Gasteiger partial charge in [-0.15, -0.1) is 0 Å². The van der Waals surface area contributed by atoms with E-state index >= 15 is 0 Å². The van der Waals surface area contributed by atoms with Crippen LogP contribution in [0.25, 0.3) is 16.7 Å². The molecular weight excluding hydrogens is 402 g/mol. The zero-order valence-corrected chi connectivity index (χ0v) is 14.0. The fourth-order valence-corrected chi connectivity index (χ4v) is 3.65. The Morgan fingerprint density at radius 1 is 1.20 bits per heavy atom. The predicted molar refractivity (Wildman–Crippen MR) is 88.6 cm³/mol. The van der Waals surface area contributed by atoms with Crippen molar-refractivity contribution in [3.05, 3.63) is 55.7 Å². The fourth-order valence-electron chi connectivity index (χ4n) is 2.13. The van der Waals surface area contributed by atoms with Crippen LogP contribution in [0.3, 0.4) is 0 Å². The SMILES string of the molecule is N#Cc1cccc2c1[nH]c(=S)n2-c1ccc(Br)cc1Br. The fraction of sp³-hybridized carbons (Fsp3) is 0. The number of nitriles is 1. The van der Waals surface area contributed by atoms with Crippen LogP contribution < -0.4 is 0 Å². The van der Waals surface area contributed by atoms with Crippen LogP contribution in [0.5, 0.6) is 0 Å². The molecule has 1 aromatic heterocycles. The van der Waals surface area contributed by atoms with Gasteiger partial charge < -0.3 is 4.98 Å². The Labute approximate surface area is 137 Å². The monoisotopic (exact) mass is 407 g/mol. The first-order valence-electron chi connectivity index (χ1n) is 5.71. The van der Waals surface area contributed by atoms with Gasteiger partial charge in [0.05, 0.1) is 22.3 Å². The maximum Gasteiger partial charge on any atom is 0.182 e. The number of imidazole rings is 1. The summed E-state index contributed by atoms with van der Waals surface area (Å²) in [5.74, 6) is 0. The van der Waals surface area contributed by atoms with Gasteiger partial charge in [0.2, 0.25) is 0 Å². The molecule has 0 radical (unpaired) electrons. The van der Waals surface area contributed by atoms with Gasteiger partial charge in [0.1, 0.15) is 6.07 Å². The molecule has 0 unspecified atom stereocenters. The third-order valence-electron chi connectivity index (χ3n) is 2.99. The Balaban J connectivity index is 2.41. The number of aromatic amines is 1. The van der Waals surface area contributed by atoms with Crippen molar-refractivity contribution >= 4 is 55.1 Å². The summed E-state index contributed by atoms with van der Waals surface area (Å²) < 4.78 is 4.39. The number of para-hydroxylation sites is 1. The Hall–Kier alpha value is -1.42. The summed E-state index contributed by atoms with van der Waals surface area (Å²) in [5.41, 5.74) is 3.16. The second kappa shape index (κ2) is 5.17. The van der Waals surface area contributed by atoms with Gasteiger partial charge in [-0.1, -0.05) is 22.0 Å². The van der Waals surface area contributed by atoms with Gasteiger partial charge in [0, 0.05) is 8.95 Å². The van der Waals surface area contributed by atoms with Gasteiger partial charge in [0.25, 0.3) is 0 Å². The minimum Gasteiger partial charge on any atom is -0.329 e. The average molecular weight is 409 g/mol. The summed E-state index contributed by atoms with van der Waals surface area (Å²) in [6.07, 6.45) is 0. The summed E-state index contributed by atoms with van der Waals surface area (Å²) in [7, 11) is 0. The highest BCUT2D eigenvalue weighted by atomic mass is 79.9. The molecule has 0 atom stereocenters. The van der Waals surface area contributed by atoms with Gasteiger partial charge in [-0.25, -0.2) is 0 Å². The minimum atomic E-state index is 0.561. The largest absolute Gasteiger partial charge is 0.329 e. The molecule has 98 valence electrons. The van der Waals surface area contributed by atoms with E-state index in [9.17, 15) is 0 Å². The van der Waals surface area contributed by atoms with Gasteiger partial charge in [0.15, 0.2) is 4.77 Å². The summed E-state index contributed by atoms with van der Waals surface area (Å²) in [6, 6.07) is 13.6. The Morgan fingerprint density at radius 3 is 2.70 bits per heavy atom. The standard InChI is InChI=1S/C14H7Br2N3S/c15-9-4-5-11(10(16)6-9)19-12-3-1-2-8(7-17)13(12)18-14(19)20/h1-6H,(H,18,20). The van der Waals surface area contributed by atoms with E-state index < -0.39 is 0 Å². The molecule has 1 heterocycles. The van der Waals surface area contributed by atoms with E-state index in [2.05, 4.69) is 42.9 Å². The van der Waals surface area contributed by atoms with E-state index in [1.54, 1.807) is 6.07 Å². The van der Waals surface area contributed by atoms with Crippen molar-refractivity contribution in [1.29, 1.82) is 5.26 Å². The van der Waals surface area contributed by atoms with Crippen LogP contribution >= 0.6 is 44.1 Å². The van der Waals surface area contributed by atoms with E-state index in [0.717, 1.165) is 25.7 Å². The van der Waals surface area contributed by atoms with Crippen LogP contribution in [0.1, 0.15) is 5.56 Å². The second-order valence-electron chi connectivity index (χ2n) is 4.17. The number of benzene rings is 2. The molecule has 0 saturated heterocycles. The van der Waals surface area contributed by atoms with Crippen LogP contribution in [-0.2, 0) is 0 Å². The number of hydrogen-bond donors (Lipinski definition) is 1. The molecule has 3 rings (SSSR count). The number of hydrogen-bond acceptors (Lipinski definition) is 2. The van der Waals surface area contributed by atoms with E-state index in [0.29, 0.717) is 10.3 Å².